The summed E-state index contributed by atoms with van der Waals surface area (Å²) in [6.45, 7) is 0. The molecule has 0 unspecified atom stereocenters. The van der Waals surface area contributed by atoms with Gasteiger partial charge in [0, 0.05) is 35.9 Å². The highest BCUT2D eigenvalue weighted by molar-refractivity contribution is 5.98. The standard InChI is InChI=1S/C20H18N6O2/c1-21-19(27)17-11-12-10-13(6-7-14(12)24-17)23-20-22-9-8-16(26-20)15-4-3-5-18(25-15)28-2/h3-11,24H,1-2H3,(H,21,27)(H,22,23,26). The summed E-state index contributed by atoms with van der Waals surface area (Å²) in [5, 5.41) is 6.71. The average Bonchev–Trinajstić information content (AvgIpc) is 3.17. The number of methoxy groups -OCH3 is 1. The van der Waals surface area contributed by atoms with E-state index in [0.29, 0.717) is 28.9 Å². The minimum atomic E-state index is -0.160. The molecule has 0 radical (unpaired) electrons. The Morgan fingerprint density at radius 3 is 2.75 bits per heavy atom. The molecule has 8 nitrogen and oxygen atoms in total. The Balaban J connectivity index is 1.61. The maximum atomic E-state index is 11.8. The minimum absolute atomic E-state index is 0.160. The first-order valence-corrected chi connectivity index (χ1v) is 8.62. The fraction of sp³-hybridized carbons (Fsp3) is 0.100. The van der Waals surface area contributed by atoms with Gasteiger partial charge in [-0.2, -0.15) is 0 Å². The number of pyridine rings is 1. The molecular weight excluding hydrogens is 356 g/mol. The van der Waals surface area contributed by atoms with E-state index in [1.54, 1.807) is 38.6 Å². The highest BCUT2D eigenvalue weighted by Crippen LogP contribution is 2.23. The van der Waals surface area contributed by atoms with Gasteiger partial charge in [-0.05, 0) is 36.4 Å². The topological polar surface area (TPSA) is 105 Å². The van der Waals surface area contributed by atoms with Gasteiger partial charge in [0.05, 0.1) is 18.5 Å². The summed E-state index contributed by atoms with van der Waals surface area (Å²) < 4.78 is 5.17. The van der Waals surface area contributed by atoms with E-state index in [0.717, 1.165) is 16.6 Å². The summed E-state index contributed by atoms with van der Waals surface area (Å²) >= 11 is 0. The van der Waals surface area contributed by atoms with Gasteiger partial charge in [0.1, 0.15) is 5.69 Å². The van der Waals surface area contributed by atoms with Gasteiger partial charge in [-0.15, -0.1) is 0 Å². The molecule has 28 heavy (non-hydrogen) atoms. The van der Waals surface area contributed by atoms with Crippen molar-refractivity contribution in [2.24, 2.45) is 0 Å². The van der Waals surface area contributed by atoms with Gasteiger partial charge < -0.3 is 20.4 Å². The summed E-state index contributed by atoms with van der Waals surface area (Å²) in [5.74, 6) is 0.812. The lowest BCUT2D eigenvalue weighted by Gasteiger charge is -2.07. The normalized spacial score (nSPS) is 10.6. The van der Waals surface area contributed by atoms with Gasteiger partial charge in [-0.3, -0.25) is 4.79 Å². The Kier molecular flexibility index (Phi) is 4.59. The van der Waals surface area contributed by atoms with Crippen LogP contribution in [0, 0.1) is 0 Å². The molecule has 3 heterocycles. The molecule has 0 bridgehead atoms. The van der Waals surface area contributed by atoms with Crippen LogP contribution in [0.2, 0.25) is 0 Å². The van der Waals surface area contributed by atoms with E-state index in [1.807, 2.05) is 30.3 Å². The van der Waals surface area contributed by atoms with Crippen LogP contribution in [0.4, 0.5) is 11.6 Å². The van der Waals surface area contributed by atoms with E-state index in [1.165, 1.54) is 0 Å². The number of anilines is 2. The number of nitrogens with one attached hydrogen (secondary N) is 3. The molecule has 0 aliphatic rings. The summed E-state index contributed by atoms with van der Waals surface area (Å²) in [6, 6.07) is 14.8. The van der Waals surface area contributed by atoms with E-state index >= 15 is 0 Å². The van der Waals surface area contributed by atoms with Crippen LogP contribution in [-0.4, -0.2) is 40.0 Å². The Labute approximate surface area is 161 Å². The van der Waals surface area contributed by atoms with Crippen LogP contribution in [0.15, 0.2) is 54.7 Å². The Morgan fingerprint density at radius 1 is 1.07 bits per heavy atom. The average molecular weight is 374 g/mol. The van der Waals surface area contributed by atoms with Crippen molar-refractivity contribution in [3.05, 3.63) is 60.4 Å². The summed E-state index contributed by atoms with van der Waals surface area (Å²) in [5.41, 5.74) is 3.57. The second-order valence-corrected chi connectivity index (χ2v) is 6.02. The van der Waals surface area contributed by atoms with Crippen molar-refractivity contribution in [2.75, 3.05) is 19.5 Å². The third kappa shape index (κ3) is 3.48. The molecule has 8 heteroatoms. The third-order valence-corrected chi connectivity index (χ3v) is 4.20. The zero-order chi connectivity index (χ0) is 19.5. The predicted molar refractivity (Wildman–Crippen MR) is 107 cm³/mol. The predicted octanol–water partition coefficient (Wildman–Crippen LogP) is 3.13. The molecule has 0 spiro atoms. The molecule has 0 saturated heterocycles. The Bertz CT molecular complexity index is 1150. The van der Waals surface area contributed by atoms with Gasteiger partial charge >= 0.3 is 0 Å². The van der Waals surface area contributed by atoms with Crippen LogP contribution >= 0.6 is 0 Å². The van der Waals surface area contributed by atoms with Crippen molar-refractivity contribution in [2.45, 2.75) is 0 Å². The number of nitrogens with zero attached hydrogens (tertiary/aromatic N) is 3. The Hall–Kier alpha value is -3.94. The van der Waals surface area contributed by atoms with E-state index in [-0.39, 0.29) is 5.91 Å². The lowest BCUT2D eigenvalue weighted by atomic mass is 10.2. The third-order valence-electron chi connectivity index (χ3n) is 4.20. The highest BCUT2D eigenvalue weighted by atomic mass is 16.5. The highest BCUT2D eigenvalue weighted by Gasteiger charge is 2.09. The number of rotatable bonds is 5. The molecule has 0 fully saturated rings. The van der Waals surface area contributed by atoms with Crippen molar-refractivity contribution < 1.29 is 9.53 Å². The van der Waals surface area contributed by atoms with Crippen molar-refractivity contribution in [3.63, 3.8) is 0 Å². The van der Waals surface area contributed by atoms with Crippen LogP contribution in [-0.2, 0) is 0 Å². The molecule has 3 N–H and O–H groups in total. The van der Waals surface area contributed by atoms with Gasteiger partial charge in [0.25, 0.3) is 5.91 Å². The molecule has 0 aliphatic heterocycles. The molecule has 140 valence electrons. The largest absolute Gasteiger partial charge is 0.481 e. The monoisotopic (exact) mass is 374 g/mol. The smallest absolute Gasteiger partial charge is 0.267 e. The molecular formula is C20H18N6O2. The van der Waals surface area contributed by atoms with Crippen molar-refractivity contribution >= 4 is 28.4 Å². The molecule has 0 atom stereocenters. The molecule has 3 aromatic heterocycles. The first-order valence-electron chi connectivity index (χ1n) is 8.62. The molecule has 1 amide bonds. The zero-order valence-corrected chi connectivity index (χ0v) is 15.4. The maximum Gasteiger partial charge on any atom is 0.267 e. The molecule has 0 saturated carbocycles. The molecule has 4 aromatic rings. The lowest BCUT2D eigenvalue weighted by molar-refractivity contribution is 0.0959. The van der Waals surface area contributed by atoms with Gasteiger partial charge in [-0.1, -0.05) is 6.07 Å². The SMILES string of the molecule is CNC(=O)c1cc2cc(Nc3nccc(-c4cccc(OC)n4)n3)ccc2[nH]1. The van der Waals surface area contributed by atoms with Gasteiger partial charge in [0.2, 0.25) is 11.8 Å². The quantitative estimate of drug-likeness (QED) is 0.496. The van der Waals surface area contributed by atoms with Crippen molar-refractivity contribution in [1.29, 1.82) is 0 Å². The van der Waals surface area contributed by atoms with Crippen molar-refractivity contribution in [1.82, 2.24) is 25.3 Å². The number of carbonyl (C=O) groups is 1. The zero-order valence-electron chi connectivity index (χ0n) is 15.4. The van der Waals surface area contributed by atoms with Crippen molar-refractivity contribution in [3.8, 4) is 17.3 Å². The number of aromatic nitrogens is 4. The van der Waals surface area contributed by atoms with E-state index < -0.39 is 0 Å². The van der Waals surface area contributed by atoms with Crippen LogP contribution in [0.3, 0.4) is 0 Å². The second kappa shape index (κ2) is 7.36. The van der Waals surface area contributed by atoms with Crippen LogP contribution in [0.25, 0.3) is 22.3 Å². The number of fused-ring (bicyclic) bond motifs is 1. The molecule has 1 aromatic carbocycles. The number of ether oxygens (including phenoxy) is 1. The first-order chi connectivity index (χ1) is 13.7. The first kappa shape index (κ1) is 17.5. The summed E-state index contributed by atoms with van der Waals surface area (Å²) in [6.07, 6.45) is 1.67. The Morgan fingerprint density at radius 2 is 1.93 bits per heavy atom. The number of carbonyl (C=O) groups excluding carboxylic acids is 1. The summed E-state index contributed by atoms with van der Waals surface area (Å²) in [7, 11) is 3.17. The molecule has 4 rings (SSSR count). The number of hydrogen-bond donors (Lipinski definition) is 3. The number of aromatic amines is 1. The minimum Gasteiger partial charge on any atom is -0.481 e. The van der Waals surface area contributed by atoms with Crippen LogP contribution in [0.1, 0.15) is 10.5 Å². The number of amides is 1. The second-order valence-electron chi connectivity index (χ2n) is 6.02. The maximum absolute atomic E-state index is 11.8. The summed E-state index contributed by atoms with van der Waals surface area (Å²) in [4.78, 5) is 28.1. The fourth-order valence-corrected chi connectivity index (χ4v) is 2.83. The fourth-order valence-electron chi connectivity index (χ4n) is 2.83. The van der Waals surface area contributed by atoms with E-state index in [4.69, 9.17) is 4.74 Å². The van der Waals surface area contributed by atoms with Crippen LogP contribution < -0.4 is 15.4 Å². The number of benzene rings is 1. The lowest BCUT2D eigenvalue weighted by Crippen LogP contribution is -2.17. The van der Waals surface area contributed by atoms with Gasteiger partial charge in [-0.25, -0.2) is 15.0 Å². The molecule has 0 aliphatic carbocycles. The van der Waals surface area contributed by atoms with E-state index in [2.05, 4.69) is 30.6 Å². The van der Waals surface area contributed by atoms with E-state index in [9.17, 15) is 4.79 Å². The van der Waals surface area contributed by atoms with Crippen LogP contribution in [0.5, 0.6) is 5.88 Å². The van der Waals surface area contributed by atoms with Gasteiger partial charge in [0.15, 0.2) is 0 Å². The number of H-pyrrole nitrogens is 1. The number of hydrogen-bond acceptors (Lipinski definition) is 6.